The molecule has 0 fully saturated rings. The number of hydrogen-bond acceptors (Lipinski definition) is 9. The Balaban J connectivity index is 1.68. The Hall–Kier alpha value is -3.76. The van der Waals surface area contributed by atoms with Crippen LogP contribution in [0.3, 0.4) is 0 Å². The summed E-state index contributed by atoms with van der Waals surface area (Å²) in [5.74, 6) is 1.95. The van der Waals surface area contributed by atoms with Gasteiger partial charge in [0.05, 0.1) is 18.8 Å². The van der Waals surface area contributed by atoms with E-state index in [4.69, 9.17) is 4.74 Å². The van der Waals surface area contributed by atoms with Crippen LogP contribution in [0.4, 0.5) is 17.5 Å². The van der Waals surface area contributed by atoms with E-state index in [1.807, 2.05) is 49.6 Å². The lowest BCUT2D eigenvalue weighted by atomic mass is 10.1. The first kappa shape index (κ1) is 25.3. The van der Waals surface area contributed by atoms with Gasteiger partial charge in [0.2, 0.25) is 11.9 Å². The second-order valence-electron chi connectivity index (χ2n) is 8.80. The average Bonchev–Trinajstić information content (AvgIpc) is 2.90. The Morgan fingerprint density at radius 1 is 1.11 bits per heavy atom. The van der Waals surface area contributed by atoms with Crippen LogP contribution in [-0.4, -0.2) is 77.8 Å². The highest BCUT2D eigenvalue weighted by Gasteiger charge is 2.22. The molecule has 1 amide bonds. The van der Waals surface area contributed by atoms with Crippen LogP contribution >= 0.6 is 0 Å². The number of nitrogens with zero attached hydrogens (tertiary/aromatic N) is 5. The van der Waals surface area contributed by atoms with Crippen LogP contribution in [0.15, 0.2) is 48.8 Å². The molecule has 0 saturated heterocycles. The van der Waals surface area contributed by atoms with Gasteiger partial charge in [0.15, 0.2) is 0 Å². The molecule has 4 heterocycles. The minimum atomic E-state index is -0.515. The van der Waals surface area contributed by atoms with Crippen molar-refractivity contribution in [2.75, 3.05) is 51.1 Å². The van der Waals surface area contributed by atoms with Gasteiger partial charge < -0.3 is 30.3 Å². The molecular formula is C26H33N7O3. The fraction of sp³-hybridized carbons (Fsp3) is 0.385. The molecule has 36 heavy (non-hydrogen) atoms. The molecule has 0 radical (unpaired) electrons. The number of aliphatic hydroxyl groups is 1. The zero-order valence-corrected chi connectivity index (χ0v) is 20.9. The van der Waals surface area contributed by atoms with Crippen LogP contribution < -0.4 is 20.3 Å². The van der Waals surface area contributed by atoms with Crippen molar-refractivity contribution < 1.29 is 14.6 Å². The van der Waals surface area contributed by atoms with Gasteiger partial charge in [0.25, 0.3) is 0 Å². The maximum Gasteiger partial charge on any atom is 0.239 e. The molecule has 5 rings (SSSR count). The van der Waals surface area contributed by atoms with E-state index < -0.39 is 6.04 Å². The normalized spacial score (nSPS) is 17.0. The summed E-state index contributed by atoms with van der Waals surface area (Å²) < 4.78 is 5.54. The first-order valence-electron chi connectivity index (χ1n) is 12.0. The van der Waals surface area contributed by atoms with E-state index in [1.54, 1.807) is 25.3 Å². The van der Waals surface area contributed by atoms with Crippen LogP contribution in [0.2, 0.25) is 0 Å². The molecule has 2 aromatic heterocycles. The zero-order chi connectivity index (χ0) is 25.5. The lowest BCUT2D eigenvalue weighted by molar-refractivity contribution is -0.132. The summed E-state index contributed by atoms with van der Waals surface area (Å²) in [6.45, 7) is 1.64. The van der Waals surface area contributed by atoms with Gasteiger partial charge in [-0.05, 0) is 49.2 Å². The third-order valence-electron chi connectivity index (χ3n) is 6.24. The molecule has 2 aliphatic heterocycles. The molecule has 10 nitrogen and oxygen atoms in total. The van der Waals surface area contributed by atoms with Gasteiger partial charge in [-0.15, -0.1) is 0 Å². The molecule has 3 N–H and O–H groups in total. The molecule has 0 aliphatic carbocycles. The Bertz CT molecular complexity index is 1170. The number of nitrogens with one attached hydrogen (secondary N) is 2. The molecular weight excluding hydrogens is 458 g/mol. The van der Waals surface area contributed by atoms with Gasteiger partial charge in [-0.25, -0.2) is 15.0 Å². The van der Waals surface area contributed by atoms with Gasteiger partial charge in [-0.2, -0.15) is 0 Å². The lowest BCUT2D eigenvalue weighted by Crippen LogP contribution is -2.46. The highest BCUT2D eigenvalue weighted by Crippen LogP contribution is 2.26. The Morgan fingerprint density at radius 3 is 2.69 bits per heavy atom. The van der Waals surface area contributed by atoms with E-state index in [-0.39, 0.29) is 12.5 Å². The van der Waals surface area contributed by atoms with Crippen molar-refractivity contribution in [3.05, 3.63) is 54.4 Å². The summed E-state index contributed by atoms with van der Waals surface area (Å²) in [7, 11) is 5.40. The quantitative estimate of drug-likeness (QED) is 0.508. The number of carbonyl (C=O) groups excluding carboxylic acids is 1. The van der Waals surface area contributed by atoms with Gasteiger partial charge in [0, 0.05) is 69.5 Å². The largest absolute Gasteiger partial charge is 0.496 e. The standard InChI is InChI=1S/C26H33N7O3/c1-32-12-4-13-33(2)25(35)22(10-14-34)28-17-19-15-20(6-7-23(19)36-3)30-26-27-11-9-21(31-26)18-5-8-24(32)29-16-18/h5-9,11,15-16,22,28,34H,4,10,12-14,17H2,1-3H3,(H,27,30,31). The Morgan fingerprint density at radius 2 is 1.94 bits per heavy atom. The van der Waals surface area contributed by atoms with Crippen molar-refractivity contribution in [2.45, 2.75) is 25.4 Å². The highest BCUT2D eigenvalue weighted by molar-refractivity contribution is 5.81. The Kier molecular flexibility index (Phi) is 8.29. The summed E-state index contributed by atoms with van der Waals surface area (Å²) in [5.41, 5.74) is 3.32. The van der Waals surface area contributed by atoms with E-state index in [1.165, 1.54) is 0 Å². The van der Waals surface area contributed by atoms with Crippen LogP contribution in [0.5, 0.6) is 5.75 Å². The monoisotopic (exact) mass is 491 g/mol. The summed E-state index contributed by atoms with van der Waals surface area (Å²) >= 11 is 0. The van der Waals surface area contributed by atoms with E-state index in [9.17, 15) is 9.90 Å². The smallest absolute Gasteiger partial charge is 0.239 e. The first-order chi connectivity index (χ1) is 17.5. The summed E-state index contributed by atoms with van der Waals surface area (Å²) in [6, 6.07) is 11.0. The van der Waals surface area contributed by atoms with Crippen LogP contribution in [0.25, 0.3) is 11.3 Å². The van der Waals surface area contributed by atoms with Crippen molar-refractivity contribution in [1.29, 1.82) is 0 Å². The fourth-order valence-corrected chi connectivity index (χ4v) is 4.18. The summed E-state index contributed by atoms with van der Waals surface area (Å²) in [4.78, 5) is 30.5. The number of rotatable bonds is 3. The van der Waals surface area contributed by atoms with Crippen molar-refractivity contribution >= 4 is 23.4 Å². The van der Waals surface area contributed by atoms with E-state index in [0.29, 0.717) is 31.2 Å². The predicted octanol–water partition coefficient (Wildman–Crippen LogP) is 2.43. The third kappa shape index (κ3) is 6.07. The van der Waals surface area contributed by atoms with Gasteiger partial charge in [-0.1, -0.05) is 0 Å². The van der Waals surface area contributed by atoms with Crippen molar-refractivity contribution in [1.82, 2.24) is 25.2 Å². The number of pyridine rings is 1. The number of benzene rings is 1. The van der Waals surface area contributed by atoms with E-state index in [0.717, 1.165) is 41.3 Å². The number of hydrogen-bond donors (Lipinski definition) is 3. The molecule has 1 unspecified atom stereocenters. The van der Waals surface area contributed by atoms with Crippen molar-refractivity contribution in [2.24, 2.45) is 0 Å². The van der Waals surface area contributed by atoms with Crippen molar-refractivity contribution in [3.63, 3.8) is 0 Å². The molecule has 190 valence electrons. The number of fused-ring (bicyclic) bond motifs is 10. The third-order valence-corrected chi connectivity index (χ3v) is 6.24. The number of aliphatic hydroxyl groups excluding tert-OH is 1. The van der Waals surface area contributed by atoms with Crippen molar-refractivity contribution in [3.8, 4) is 17.0 Å². The number of carbonyl (C=O) groups is 1. The molecule has 0 spiro atoms. The number of methoxy groups -OCH3 is 1. The van der Waals surface area contributed by atoms with Gasteiger partial charge >= 0.3 is 0 Å². The topological polar surface area (TPSA) is 116 Å². The maximum absolute atomic E-state index is 13.1. The van der Waals surface area contributed by atoms with Crippen LogP contribution in [0, 0.1) is 0 Å². The molecule has 1 aromatic carbocycles. The Labute approximate surface area is 211 Å². The summed E-state index contributed by atoms with van der Waals surface area (Å²) in [5, 5.41) is 16.1. The van der Waals surface area contributed by atoms with E-state index in [2.05, 4.69) is 30.5 Å². The highest BCUT2D eigenvalue weighted by atomic mass is 16.5. The molecule has 6 bridgehead atoms. The average molecular weight is 492 g/mol. The molecule has 3 aromatic rings. The predicted molar refractivity (Wildman–Crippen MR) is 139 cm³/mol. The molecule has 1 atom stereocenters. The van der Waals surface area contributed by atoms with Gasteiger partial charge in [0.1, 0.15) is 11.6 Å². The lowest BCUT2D eigenvalue weighted by Gasteiger charge is -2.26. The number of aromatic nitrogens is 3. The first-order valence-corrected chi connectivity index (χ1v) is 12.0. The fourth-order valence-electron chi connectivity index (χ4n) is 4.18. The maximum atomic E-state index is 13.1. The van der Waals surface area contributed by atoms with E-state index >= 15 is 0 Å². The number of likely N-dealkylation sites (N-methyl/N-ethyl adjacent to an activating group) is 1. The molecule has 2 aliphatic rings. The second-order valence-corrected chi connectivity index (χ2v) is 8.80. The minimum Gasteiger partial charge on any atom is -0.496 e. The molecule has 10 heteroatoms. The van der Waals surface area contributed by atoms with Crippen LogP contribution in [-0.2, 0) is 11.3 Å². The van der Waals surface area contributed by atoms with Crippen LogP contribution in [0.1, 0.15) is 18.4 Å². The summed E-state index contributed by atoms with van der Waals surface area (Å²) in [6.07, 6.45) is 4.62. The SMILES string of the molecule is COc1ccc2cc1CNC(CCO)C(=O)N(C)CCCN(C)c1ccc(cn1)-c1ccnc(n1)N2. The number of anilines is 3. The molecule has 0 saturated carbocycles. The zero-order valence-electron chi connectivity index (χ0n) is 20.9. The van der Waals surface area contributed by atoms with Gasteiger partial charge in [-0.3, -0.25) is 4.79 Å². The second kappa shape index (κ2) is 11.8. The number of amides is 1. The number of ether oxygens (including phenoxy) is 1. The minimum absolute atomic E-state index is 0.0537.